The van der Waals surface area contributed by atoms with E-state index < -0.39 is 5.97 Å². The number of nitrogens with one attached hydrogen (secondary N) is 1. The second-order valence-electron chi connectivity index (χ2n) is 5.63. The zero-order valence-electron chi connectivity index (χ0n) is 12.3. The summed E-state index contributed by atoms with van der Waals surface area (Å²) in [5.41, 5.74) is 2.37. The van der Waals surface area contributed by atoms with Crippen molar-refractivity contribution < 1.29 is 9.90 Å². The predicted octanol–water partition coefficient (Wildman–Crippen LogP) is 3.65. The van der Waals surface area contributed by atoms with Gasteiger partial charge in [0.25, 0.3) is 0 Å². The lowest BCUT2D eigenvalue weighted by Crippen LogP contribution is -2.20. The van der Waals surface area contributed by atoms with Crippen LogP contribution in [0.15, 0.2) is 24.3 Å². The van der Waals surface area contributed by atoms with Crippen molar-refractivity contribution in [2.75, 3.05) is 12.4 Å². The maximum Gasteiger partial charge on any atom is 0.306 e. The number of carboxylic acid groups (broad SMARTS) is 1. The van der Waals surface area contributed by atoms with Crippen LogP contribution in [0.4, 0.5) is 5.69 Å². The summed E-state index contributed by atoms with van der Waals surface area (Å²) in [4.78, 5) is 11.0. The summed E-state index contributed by atoms with van der Waals surface area (Å²) in [7, 11) is 1.90. The smallest absolute Gasteiger partial charge is 0.306 e. The molecule has 0 bridgehead atoms. The molecule has 3 nitrogen and oxygen atoms in total. The average molecular weight is 263 g/mol. The lowest BCUT2D eigenvalue weighted by molar-refractivity contribution is -0.141. The minimum atomic E-state index is -0.698. The number of carbonyl (C=O) groups is 1. The maximum atomic E-state index is 11.0. The molecule has 0 fully saturated rings. The van der Waals surface area contributed by atoms with Gasteiger partial charge in [0.05, 0.1) is 5.92 Å². The van der Waals surface area contributed by atoms with Crippen LogP contribution in [-0.2, 0) is 11.2 Å². The normalized spacial score (nSPS) is 14.2. The molecule has 0 amide bonds. The Hall–Kier alpha value is -1.51. The van der Waals surface area contributed by atoms with Crippen LogP contribution in [0.25, 0.3) is 0 Å². The van der Waals surface area contributed by atoms with E-state index in [1.54, 1.807) is 6.92 Å². The Bertz CT molecular complexity index is 398. The first-order valence-corrected chi connectivity index (χ1v) is 6.93. The van der Waals surface area contributed by atoms with Crippen molar-refractivity contribution in [2.45, 2.75) is 33.6 Å². The van der Waals surface area contributed by atoms with Gasteiger partial charge in [0, 0.05) is 12.7 Å². The monoisotopic (exact) mass is 263 g/mol. The molecule has 2 atom stereocenters. The van der Waals surface area contributed by atoms with Crippen molar-refractivity contribution in [3.05, 3.63) is 29.8 Å². The van der Waals surface area contributed by atoms with Gasteiger partial charge in [-0.3, -0.25) is 4.79 Å². The Labute approximate surface area is 116 Å². The molecule has 2 N–H and O–H groups in total. The third-order valence-corrected chi connectivity index (χ3v) is 3.76. The number of rotatable bonds is 7. The van der Waals surface area contributed by atoms with Gasteiger partial charge >= 0.3 is 5.97 Å². The molecular weight excluding hydrogens is 238 g/mol. The summed E-state index contributed by atoms with van der Waals surface area (Å²) >= 11 is 0. The summed E-state index contributed by atoms with van der Waals surface area (Å²) in [6, 6.07) is 8.36. The molecule has 3 heteroatoms. The van der Waals surface area contributed by atoms with Gasteiger partial charge in [-0.1, -0.05) is 32.9 Å². The highest BCUT2D eigenvalue weighted by Gasteiger charge is 2.21. The van der Waals surface area contributed by atoms with E-state index in [1.165, 1.54) is 5.56 Å². The quantitative estimate of drug-likeness (QED) is 0.789. The molecule has 0 saturated carbocycles. The van der Waals surface area contributed by atoms with Gasteiger partial charge in [-0.05, 0) is 42.4 Å². The fourth-order valence-electron chi connectivity index (χ4n) is 2.26. The average Bonchev–Trinajstić information content (AvgIpc) is 2.38. The molecule has 19 heavy (non-hydrogen) atoms. The van der Waals surface area contributed by atoms with Crippen molar-refractivity contribution in [1.82, 2.24) is 0 Å². The highest BCUT2D eigenvalue weighted by atomic mass is 16.4. The molecule has 106 valence electrons. The van der Waals surface area contributed by atoms with Crippen LogP contribution in [0.5, 0.6) is 0 Å². The summed E-state index contributed by atoms with van der Waals surface area (Å²) in [6.07, 6.45) is 1.68. The Morgan fingerprint density at radius 1 is 1.21 bits per heavy atom. The SMILES string of the molecule is CNc1ccc(C[C@@H](CC(C)C(=O)O)C(C)C)cc1. The molecule has 0 saturated heterocycles. The van der Waals surface area contributed by atoms with E-state index in [2.05, 4.69) is 43.4 Å². The zero-order valence-corrected chi connectivity index (χ0v) is 12.3. The predicted molar refractivity (Wildman–Crippen MR) is 79.4 cm³/mol. The largest absolute Gasteiger partial charge is 0.481 e. The molecule has 0 aliphatic rings. The van der Waals surface area contributed by atoms with E-state index in [-0.39, 0.29) is 5.92 Å². The van der Waals surface area contributed by atoms with Gasteiger partial charge in [0.2, 0.25) is 0 Å². The van der Waals surface area contributed by atoms with Crippen molar-refractivity contribution in [2.24, 2.45) is 17.8 Å². The first-order valence-electron chi connectivity index (χ1n) is 6.93. The second-order valence-corrected chi connectivity index (χ2v) is 5.63. The van der Waals surface area contributed by atoms with Crippen LogP contribution in [0, 0.1) is 17.8 Å². The lowest BCUT2D eigenvalue weighted by atomic mass is 9.82. The number of hydrogen-bond acceptors (Lipinski definition) is 2. The summed E-state index contributed by atoms with van der Waals surface area (Å²) in [5, 5.41) is 12.1. The molecular formula is C16H25NO2. The fourth-order valence-corrected chi connectivity index (χ4v) is 2.26. The van der Waals surface area contributed by atoms with Crippen molar-refractivity contribution in [3.63, 3.8) is 0 Å². The van der Waals surface area contributed by atoms with Crippen LogP contribution in [0.3, 0.4) is 0 Å². The van der Waals surface area contributed by atoms with Gasteiger partial charge in [-0.25, -0.2) is 0 Å². The van der Waals surface area contributed by atoms with E-state index in [4.69, 9.17) is 5.11 Å². The first kappa shape index (κ1) is 15.5. The Morgan fingerprint density at radius 2 is 1.79 bits per heavy atom. The van der Waals surface area contributed by atoms with Gasteiger partial charge in [0.15, 0.2) is 0 Å². The number of benzene rings is 1. The molecule has 0 aliphatic heterocycles. The van der Waals surface area contributed by atoms with Crippen LogP contribution in [0.2, 0.25) is 0 Å². The maximum absolute atomic E-state index is 11.0. The minimum absolute atomic E-state index is 0.274. The Morgan fingerprint density at radius 3 is 2.21 bits per heavy atom. The van der Waals surface area contributed by atoms with Crippen molar-refractivity contribution in [1.29, 1.82) is 0 Å². The standard InChI is InChI=1S/C16H25NO2/c1-11(2)14(9-12(3)16(18)19)10-13-5-7-15(17-4)8-6-13/h5-8,11-12,14,17H,9-10H2,1-4H3,(H,18,19)/t12?,14-/m1/s1. The van der Waals surface area contributed by atoms with Crippen LogP contribution >= 0.6 is 0 Å². The van der Waals surface area contributed by atoms with E-state index in [9.17, 15) is 4.79 Å². The Balaban J connectivity index is 2.69. The van der Waals surface area contributed by atoms with Crippen LogP contribution < -0.4 is 5.32 Å². The van der Waals surface area contributed by atoms with Crippen molar-refractivity contribution in [3.8, 4) is 0 Å². The van der Waals surface area contributed by atoms with Gasteiger partial charge in [-0.15, -0.1) is 0 Å². The topological polar surface area (TPSA) is 49.3 Å². The van der Waals surface area contributed by atoms with E-state index in [0.29, 0.717) is 11.8 Å². The van der Waals surface area contributed by atoms with Crippen LogP contribution in [-0.4, -0.2) is 18.1 Å². The number of anilines is 1. The zero-order chi connectivity index (χ0) is 14.4. The molecule has 0 aliphatic carbocycles. The third-order valence-electron chi connectivity index (χ3n) is 3.76. The number of hydrogen-bond donors (Lipinski definition) is 2. The molecule has 0 spiro atoms. The van der Waals surface area contributed by atoms with Gasteiger partial charge < -0.3 is 10.4 Å². The number of carboxylic acids is 1. The van der Waals surface area contributed by atoms with E-state index in [1.807, 2.05) is 7.05 Å². The highest BCUT2D eigenvalue weighted by Crippen LogP contribution is 2.25. The first-order chi connectivity index (χ1) is 8.93. The Kier molecular flexibility index (Phi) is 5.87. The number of aliphatic carboxylic acids is 1. The molecule has 1 aromatic rings. The van der Waals surface area contributed by atoms with Crippen LogP contribution in [0.1, 0.15) is 32.8 Å². The summed E-state index contributed by atoms with van der Waals surface area (Å²) < 4.78 is 0. The van der Waals surface area contributed by atoms with E-state index >= 15 is 0 Å². The lowest BCUT2D eigenvalue weighted by Gasteiger charge is -2.23. The fraction of sp³-hybridized carbons (Fsp3) is 0.562. The second kappa shape index (κ2) is 7.17. The van der Waals surface area contributed by atoms with E-state index in [0.717, 1.165) is 18.5 Å². The van der Waals surface area contributed by atoms with Gasteiger partial charge in [0.1, 0.15) is 0 Å². The molecule has 1 aromatic carbocycles. The third kappa shape index (κ3) is 4.93. The summed E-state index contributed by atoms with van der Waals surface area (Å²) in [5.74, 6) is -0.0718. The molecule has 1 rings (SSSR count). The highest BCUT2D eigenvalue weighted by molar-refractivity contribution is 5.69. The van der Waals surface area contributed by atoms with Gasteiger partial charge in [-0.2, -0.15) is 0 Å². The van der Waals surface area contributed by atoms with Crippen molar-refractivity contribution >= 4 is 11.7 Å². The summed E-state index contributed by atoms with van der Waals surface area (Å²) in [6.45, 7) is 6.13. The minimum Gasteiger partial charge on any atom is -0.481 e. The molecule has 0 aromatic heterocycles. The molecule has 0 radical (unpaired) electrons. The molecule has 0 heterocycles. The molecule has 1 unspecified atom stereocenters.